The quantitative estimate of drug-likeness (QED) is 0.853. The highest BCUT2D eigenvalue weighted by molar-refractivity contribution is 8.00. The van der Waals surface area contributed by atoms with Crippen molar-refractivity contribution in [3.8, 4) is 0 Å². The minimum Gasteiger partial charge on any atom is -0.389 e. The van der Waals surface area contributed by atoms with Gasteiger partial charge in [0.15, 0.2) is 0 Å². The summed E-state index contributed by atoms with van der Waals surface area (Å²) in [6.45, 7) is 6.07. The monoisotopic (exact) mass is 308 g/mol. The molecule has 0 bridgehead atoms. The number of carbonyl (C=O) groups excluding carboxylic acids is 1. The van der Waals surface area contributed by atoms with Crippen molar-refractivity contribution in [3.63, 3.8) is 0 Å². The number of thioether (sulfide) groups is 1. The number of nitrogens with zero attached hydrogens (tertiary/aromatic N) is 1. The summed E-state index contributed by atoms with van der Waals surface area (Å²) in [4.78, 5) is 14.8. The van der Waals surface area contributed by atoms with E-state index in [9.17, 15) is 4.79 Å². The van der Waals surface area contributed by atoms with E-state index >= 15 is 0 Å². The number of benzene rings is 1. The smallest absolute Gasteiger partial charge is 0.253 e. The molecule has 3 nitrogen and oxygen atoms in total. The molecule has 1 aliphatic heterocycles. The molecular weight excluding hydrogens is 288 g/mol. The molecule has 2 rings (SSSR count). The highest BCUT2D eigenvalue weighted by atomic mass is 32.2. The van der Waals surface area contributed by atoms with Crippen molar-refractivity contribution in [3.05, 3.63) is 35.4 Å². The lowest BCUT2D eigenvalue weighted by Crippen LogP contribution is -2.33. The molecule has 20 heavy (non-hydrogen) atoms. The van der Waals surface area contributed by atoms with Crippen molar-refractivity contribution in [1.82, 2.24) is 4.90 Å². The van der Waals surface area contributed by atoms with E-state index in [0.717, 1.165) is 30.8 Å². The average molecular weight is 308 g/mol. The molecule has 0 spiro atoms. The van der Waals surface area contributed by atoms with Crippen molar-refractivity contribution < 1.29 is 4.79 Å². The molecular formula is C15H20N2OS2. The van der Waals surface area contributed by atoms with Gasteiger partial charge < -0.3 is 10.6 Å². The lowest BCUT2D eigenvalue weighted by molar-refractivity contribution is 0.0764. The van der Waals surface area contributed by atoms with Gasteiger partial charge in [0.05, 0.1) is 0 Å². The molecule has 1 aromatic rings. The Morgan fingerprint density at radius 2 is 2.05 bits per heavy atom. The van der Waals surface area contributed by atoms with E-state index in [0.29, 0.717) is 10.6 Å². The second-order valence-corrected chi connectivity index (χ2v) is 7.84. The topological polar surface area (TPSA) is 46.3 Å². The van der Waals surface area contributed by atoms with Gasteiger partial charge in [-0.3, -0.25) is 4.79 Å². The molecule has 2 N–H and O–H groups in total. The summed E-state index contributed by atoms with van der Waals surface area (Å²) >= 11 is 6.90. The van der Waals surface area contributed by atoms with Crippen LogP contribution in [-0.2, 0) is 0 Å². The molecule has 0 aromatic heterocycles. The Morgan fingerprint density at radius 3 is 2.75 bits per heavy atom. The number of rotatable bonds is 2. The Hall–Kier alpha value is -1.07. The van der Waals surface area contributed by atoms with Crippen LogP contribution in [0.25, 0.3) is 0 Å². The van der Waals surface area contributed by atoms with E-state index in [2.05, 4.69) is 13.8 Å². The van der Waals surface area contributed by atoms with Crippen LogP contribution in [0.15, 0.2) is 24.3 Å². The summed E-state index contributed by atoms with van der Waals surface area (Å²) in [5, 5.41) is 0. The van der Waals surface area contributed by atoms with Gasteiger partial charge in [0, 0.05) is 34.7 Å². The summed E-state index contributed by atoms with van der Waals surface area (Å²) in [7, 11) is 0. The number of thiocarbonyl (C=S) groups is 1. The zero-order valence-electron chi connectivity index (χ0n) is 11.9. The first-order chi connectivity index (χ1) is 9.39. The largest absolute Gasteiger partial charge is 0.389 e. The second-order valence-electron chi connectivity index (χ2n) is 5.60. The third-order valence-corrected chi connectivity index (χ3v) is 5.13. The molecule has 1 heterocycles. The van der Waals surface area contributed by atoms with Crippen LogP contribution in [0.2, 0.25) is 0 Å². The Balaban J connectivity index is 2.15. The molecule has 1 saturated heterocycles. The predicted octanol–water partition coefficient (Wildman–Crippen LogP) is 2.68. The zero-order chi connectivity index (χ0) is 14.8. The Kier molecular flexibility index (Phi) is 4.70. The van der Waals surface area contributed by atoms with Gasteiger partial charge in [0.25, 0.3) is 5.91 Å². The fourth-order valence-electron chi connectivity index (χ4n) is 2.21. The summed E-state index contributed by atoms with van der Waals surface area (Å²) in [6.07, 6.45) is 1.01. The van der Waals surface area contributed by atoms with Crippen LogP contribution in [-0.4, -0.2) is 39.4 Å². The van der Waals surface area contributed by atoms with Gasteiger partial charge in [-0.05, 0) is 18.6 Å². The van der Waals surface area contributed by atoms with Crippen LogP contribution in [0.3, 0.4) is 0 Å². The fraction of sp³-hybridized carbons (Fsp3) is 0.467. The maximum atomic E-state index is 12.6. The number of hydrogen-bond acceptors (Lipinski definition) is 3. The fourth-order valence-corrected chi connectivity index (χ4v) is 3.44. The molecule has 0 unspecified atom stereocenters. The van der Waals surface area contributed by atoms with Gasteiger partial charge >= 0.3 is 0 Å². The van der Waals surface area contributed by atoms with E-state index in [1.54, 1.807) is 6.07 Å². The molecule has 108 valence electrons. The summed E-state index contributed by atoms with van der Waals surface area (Å²) < 4.78 is 0.246. The van der Waals surface area contributed by atoms with Crippen LogP contribution >= 0.6 is 24.0 Å². The molecule has 1 aromatic carbocycles. The van der Waals surface area contributed by atoms with Gasteiger partial charge in [0.2, 0.25) is 0 Å². The standard InChI is InChI=1S/C15H20N2OS2/c1-15(2)6-7-17(8-9-20-15)14(18)12-5-3-4-11(10-12)13(16)19/h3-5,10H,6-9H2,1-2H3,(H2,16,19). The van der Waals surface area contributed by atoms with Gasteiger partial charge in [-0.2, -0.15) is 11.8 Å². The van der Waals surface area contributed by atoms with Gasteiger partial charge in [-0.25, -0.2) is 0 Å². The third-order valence-electron chi connectivity index (χ3n) is 3.52. The minimum absolute atomic E-state index is 0.0707. The van der Waals surface area contributed by atoms with Crippen LogP contribution in [0.4, 0.5) is 0 Å². The van der Waals surface area contributed by atoms with E-state index in [1.165, 1.54) is 0 Å². The number of hydrogen-bond donors (Lipinski definition) is 1. The van der Waals surface area contributed by atoms with Crippen LogP contribution < -0.4 is 5.73 Å². The maximum Gasteiger partial charge on any atom is 0.253 e. The van der Waals surface area contributed by atoms with Crippen LogP contribution in [0, 0.1) is 0 Å². The number of carbonyl (C=O) groups is 1. The lowest BCUT2D eigenvalue weighted by atomic mass is 10.1. The zero-order valence-corrected chi connectivity index (χ0v) is 13.5. The van der Waals surface area contributed by atoms with Crippen molar-refractivity contribution in [2.45, 2.75) is 25.0 Å². The summed E-state index contributed by atoms with van der Waals surface area (Å²) in [5.41, 5.74) is 7.04. The first kappa shape index (κ1) is 15.3. The first-order valence-electron chi connectivity index (χ1n) is 6.72. The number of nitrogens with two attached hydrogens (primary N) is 1. The van der Waals surface area contributed by atoms with Gasteiger partial charge in [-0.15, -0.1) is 0 Å². The molecule has 0 radical (unpaired) electrons. The van der Waals surface area contributed by atoms with Crippen LogP contribution in [0.5, 0.6) is 0 Å². The van der Waals surface area contributed by atoms with Crippen molar-refractivity contribution in [2.75, 3.05) is 18.8 Å². The molecule has 5 heteroatoms. The second kappa shape index (κ2) is 6.14. The minimum atomic E-state index is 0.0707. The molecule has 1 aliphatic rings. The maximum absolute atomic E-state index is 12.6. The van der Waals surface area contributed by atoms with Gasteiger partial charge in [0.1, 0.15) is 4.99 Å². The Morgan fingerprint density at radius 1 is 1.35 bits per heavy atom. The molecule has 0 saturated carbocycles. The summed E-state index contributed by atoms with van der Waals surface area (Å²) in [5.74, 6) is 1.05. The SMILES string of the molecule is CC1(C)CCN(C(=O)c2cccc(C(N)=S)c2)CCS1. The van der Waals surface area contributed by atoms with Crippen molar-refractivity contribution >= 4 is 34.9 Å². The van der Waals surface area contributed by atoms with E-state index in [4.69, 9.17) is 18.0 Å². The lowest BCUT2D eigenvalue weighted by Gasteiger charge is -2.23. The average Bonchev–Trinajstić information content (AvgIpc) is 2.59. The van der Waals surface area contributed by atoms with E-state index in [1.807, 2.05) is 34.9 Å². The van der Waals surface area contributed by atoms with Crippen molar-refractivity contribution in [2.24, 2.45) is 5.73 Å². The van der Waals surface area contributed by atoms with E-state index < -0.39 is 0 Å². The molecule has 1 fully saturated rings. The van der Waals surface area contributed by atoms with E-state index in [-0.39, 0.29) is 10.7 Å². The molecule has 1 amide bonds. The van der Waals surface area contributed by atoms with Crippen molar-refractivity contribution in [1.29, 1.82) is 0 Å². The summed E-state index contributed by atoms with van der Waals surface area (Å²) in [6, 6.07) is 7.28. The normalized spacial score (nSPS) is 18.4. The highest BCUT2D eigenvalue weighted by Crippen LogP contribution is 2.31. The Labute approximate surface area is 129 Å². The number of amides is 1. The van der Waals surface area contributed by atoms with Crippen LogP contribution in [0.1, 0.15) is 36.2 Å². The molecule has 0 aliphatic carbocycles. The highest BCUT2D eigenvalue weighted by Gasteiger charge is 2.26. The predicted molar refractivity (Wildman–Crippen MR) is 89.4 cm³/mol. The molecule has 0 atom stereocenters. The Bertz CT molecular complexity index is 528. The van der Waals surface area contributed by atoms with Gasteiger partial charge in [-0.1, -0.05) is 38.2 Å². The third kappa shape index (κ3) is 3.73. The first-order valence-corrected chi connectivity index (χ1v) is 8.11.